The van der Waals surface area contributed by atoms with Gasteiger partial charge in [-0.25, -0.2) is 0 Å². The van der Waals surface area contributed by atoms with Crippen LogP contribution < -0.4 is 5.32 Å². The van der Waals surface area contributed by atoms with Gasteiger partial charge >= 0.3 is 0 Å². The number of anilines is 1. The Kier molecular flexibility index (Phi) is 4.52. The van der Waals surface area contributed by atoms with Crippen LogP contribution in [-0.4, -0.2) is 10.5 Å². The number of hydrogen-bond donors (Lipinski definition) is 1. The van der Waals surface area contributed by atoms with E-state index < -0.39 is 0 Å². The molecule has 0 aliphatic heterocycles. The van der Waals surface area contributed by atoms with Crippen molar-refractivity contribution in [2.24, 2.45) is 0 Å². The number of hydrogen-bond acceptors (Lipinski definition) is 1. The van der Waals surface area contributed by atoms with E-state index >= 15 is 0 Å². The van der Waals surface area contributed by atoms with Gasteiger partial charge in [-0.1, -0.05) is 17.7 Å². The molecule has 0 bridgehead atoms. The fourth-order valence-electron chi connectivity index (χ4n) is 1.82. The summed E-state index contributed by atoms with van der Waals surface area (Å²) >= 11 is 8.19. The van der Waals surface area contributed by atoms with Crippen LogP contribution in [0.4, 0.5) is 5.69 Å². The third-order valence-electron chi connectivity index (χ3n) is 2.69. The molecule has 1 heterocycles. The molecule has 1 amide bonds. The molecule has 0 saturated heterocycles. The Morgan fingerprint density at radius 3 is 2.74 bits per heavy atom. The van der Waals surface area contributed by atoms with Crippen LogP contribution in [-0.2, 0) is 0 Å². The Balaban J connectivity index is 2.25. The molecule has 1 aromatic heterocycles. The molecule has 0 unspecified atom stereocenters. The van der Waals surface area contributed by atoms with E-state index in [4.69, 9.17) is 11.6 Å². The van der Waals surface area contributed by atoms with Crippen molar-refractivity contribution in [3.63, 3.8) is 0 Å². The molecule has 2 rings (SSSR count). The molecular weight excluding hydrogens is 375 g/mol. The zero-order chi connectivity index (χ0) is 14.0. The zero-order valence-electron chi connectivity index (χ0n) is 10.7. The van der Waals surface area contributed by atoms with Crippen molar-refractivity contribution in [3.05, 3.63) is 50.8 Å². The number of aromatic nitrogens is 1. The number of amides is 1. The quantitative estimate of drug-likeness (QED) is 0.767. The van der Waals surface area contributed by atoms with Crippen molar-refractivity contribution in [2.45, 2.75) is 19.9 Å². The first-order chi connectivity index (χ1) is 8.97. The van der Waals surface area contributed by atoms with Gasteiger partial charge in [-0.3, -0.25) is 4.79 Å². The molecule has 0 saturated carbocycles. The van der Waals surface area contributed by atoms with E-state index in [1.54, 1.807) is 12.3 Å². The minimum Gasteiger partial charge on any atom is -0.339 e. The number of nitrogens with one attached hydrogen (secondary N) is 1. The first kappa shape index (κ1) is 14.4. The van der Waals surface area contributed by atoms with Crippen molar-refractivity contribution in [1.82, 2.24) is 4.57 Å². The maximum Gasteiger partial charge on any atom is 0.272 e. The van der Waals surface area contributed by atoms with E-state index in [0.717, 1.165) is 9.26 Å². The lowest BCUT2D eigenvalue weighted by Crippen LogP contribution is -2.17. The van der Waals surface area contributed by atoms with Crippen LogP contribution in [0.15, 0.2) is 36.5 Å². The summed E-state index contributed by atoms with van der Waals surface area (Å²) in [6.07, 6.45) is 1.77. The highest BCUT2D eigenvalue weighted by molar-refractivity contribution is 14.1. The van der Waals surface area contributed by atoms with Crippen LogP contribution in [0.25, 0.3) is 0 Å². The van der Waals surface area contributed by atoms with Gasteiger partial charge in [0.05, 0.1) is 5.02 Å². The van der Waals surface area contributed by atoms with Crippen molar-refractivity contribution in [3.8, 4) is 0 Å². The smallest absolute Gasteiger partial charge is 0.272 e. The maximum atomic E-state index is 12.3. The van der Waals surface area contributed by atoms with Crippen LogP contribution in [0.5, 0.6) is 0 Å². The monoisotopic (exact) mass is 388 g/mol. The lowest BCUT2D eigenvalue weighted by Gasteiger charge is -2.12. The van der Waals surface area contributed by atoms with E-state index in [2.05, 4.69) is 27.9 Å². The normalized spacial score (nSPS) is 10.8. The summed E-state index contributed by atoms with van der Waals surface area (Å²) in [5, 5.41) is 3.46. The summed E-state index contributed by atoms with van der Waals surface area (Å²) in [4.78, 5) is 12.3. The van der Waals surface area contributed by atoms with E-state index in [9.17, 15) is 4.79 Å². The third-order valence-corrected chi connectivity index (χ3v) is 3.56. The highest BCUT2D eigenvalue weighted by Crippen LogP contribution is 2.20. The first-order valence-corrected chi connectivity index (χ1v) is 7.37. The molecule has 3 nitrogen and oxygen atoms in total. The van der Waals surface area contributed by atoms with Crippen LogP contribution in [0.1, 0.15) is 30.4 Å². The maximum absolute atomic E-state index is 12.3. The molecule has 2 aromatic rings. The SMILES string of the molecule is CC(C)n1cc(Cl)cc1C(=O)Nc1cccc(I)c1. The van der Waals surface area contributed by atoms with Crippen molar-refractivity contribution in [2.75, 3.05) is 5.32 Å². The van der Waals surface area contributed by atoms with Gasteiger partial charge in [-0.05, 0) is 60.7 Å². The van der Waals surface area contributed by atoms with Gasteiger partial charge in [-0.2, -0.15) is 0 Å². The van der Waals surface area contributed by atoms with Crippen molar-refractivity contribution < 1.29 is 4.79 Å². The van der Waals surface area contributed by atoms with E-state index in [1.165, 1.54) is 0 Å². The topological polar surface area (TPSA) is 34.0 Å². The minimum atomic E-state index is -0.150. The Labute approximate surface area is 131 Å². The third kappa shape index (κ3) is 3.51. The van der Waals surface area contributed by atoms with E-state index in [0.29, 0.717) is 10.7 Å². The predicted molar refractivity (Wildman–Crippen MR) is 86.9 cm³/mol. The highest BCUT2D eigenvalue weighted by Gasteiger charge is 2.15. The molecule has 0 radical (unpaired) electrons. The Morgan fingerprint density at radius 1 is 1.37 bits per heavy atom. The largest absolute Gasteiger partial charge is 0.339 e. The fourth-order valence-corrected chi connectivity index (χ4v) is 2.57. The predicted octanol–water partition coefficient (Wildman–Crippen LogP) is 4.58. The fraction of sp³-hybridized carbons (Fsp3) is 0.214. The summed E-state index contributed by atoms with van der Waals surface area (Å²) in [6, 6.07) is 9.54. The van der Waals surface area contributed by atoms with Gasteiger partial charge in [-0.15, -0.1) is 0 Å². The van der Waals surface area contributed by atoms with Crippen molar-refractivity contribution >= 4 is 45.8 Å². The van der Waals surface area contributed by atoms with Gasteiger partial charge < -0.3 is 9.88 Å². The number of benzene rings is 1. The summed E-state index contributed by atoms with van der Waals surface area (Å²) in [5.74, 6) is -0.150. The summed E-state index contributed by atoms with van der Waals surface area (Å²) in [5.41, 5.74) is 1.35. The minimum absolute atomic E-state index is 0.150. The Morgan fingerprint density at radius 2 is 2.11 bits per heavy atom. The molecule has 0 aliphatic rings. The number of carbonyl (C=O) groups is 1. The van der Waals surface area contributed by atoms with E-state index in [1.807, 2.05) is 42.7 Å². The molecule has 1 aromatic carbocycles. The van der Waals surface area contributed by atoms with Crippen LogP contribution >= 0.6 is 34.2 Å². The standard InChI is InChI=1S/C14H14ClIN2O/c1-9(2)18-8-10(15)6-13(18)14(19)17-12-5-3-4-11(16)7-12/h3-9H,1-2H3,(H,17,19). The van der Waals surface area contributed by atoms with Gasteiger partial charge in [0, 0.05) is 21.5 Å². The summed E-state index contributed by atoms with van der Waals surface area (Å²) in [6.45, 7) is 4.02. The molecule has 0 fully saturated rings. The molecule has 1 N–H and O–H groups in total. The van der Waals surface area contributed by atoms with Crippen LogP contribution in [0.2, 0.25) is 5.02 Å². The lowest BCUT2D eigenvalue weighted by atomic mass is 10.3. The van der Waals surface area contributed by atoms with Gasteiger partial charge in [0.15, 0.2) is 0 Å². The van der Waals surface area contributed by atoms with Crippen molar-refractivity contribution in [1.29, 1.82) is 0 Å². The van der Waals surface area contributed by atoms with Crippen LogP contribution in [0.3, 0.4) is 0 Å². The first-order valence-electron chi connectivity index (χ1n) is 5.91. The average Bonchev–Trinajstić information content (AvgIpc) is 2.71. The molecular formula is C14H14ClIN2O. The number of rotatable bonds is 3. The second-order valence-electron chi connectivity index (χ2n) is 4.51. The van der Waals surface area contributed by atoms with Gasteiger partial charge in [0.1, 0.15) is 5.69 Å². The number of halogens is 2. The Bertz CT molecular complexity index is 607. The number of carbonyl (C=O) groups excluding carboxylic acids is 1. The van der Waals surface area contributed by atoms with Gasteiger partial charge in [0.2, 0.25) is 0 Å². The molecule has 0 atom stereocenters. The lowest BCUT2D eigenvalue weighted by molar-refractivity contribution is 0.101. The summed E-state index contributed by atoms with van der Waals surface area (Å²) < 4.78 is 2.94. The van der Waals surface area contributed by atoms with E-state index in [-0.39, 0.29) is 11.9 Å². The zero-order valence-corrected chi connectivity index (χ0v) is 13.6. The van der Waals surface area contributed by atoms with Crippen LogP contribution in [0, 0.1) is 3.57 Å². The highest BCUT2D eigenvalue weighted by atomic mass is 127. The second kappa shape index (κ2) is 5.96. The van der Waals surface area contributed by atoms with Gasteiger partial charge in [0.25, 0.3) is 5.91 Å². The molecule has 0 aliphatic carbocycles. The Hall–Kier alpha value is -1.01. The second-order valence-corrected chi connectivity index (χ2v) is 6.19. The average molecular weight is 389 g/mol. The molecule has 0 spiro atoms. The molecule has 5 heteroatoms. The number of nitrogens with zero attached hydrogens (tertiary/aromatic N) is 1. The molecule has 100 valence electrons. The summed E-state index contributed by atoms with van der Waals surface area (Å²) in [7, 11) is 0. The molecule has 19 heavy (non-hydrogen) atoms.